The Balaban J connectivity index is 1.92. The molecule has 0 aromatic heterocycles. The average Bonchev–Trinajstić information content (AvgIpc) is 2.42. The van der Waals surface area contributed by atoms with E-state index in [0.717, 1.165) is 43.0 Å². The summed E-state index contributed by atoms with van der Waals surface area (Å²) in [6.45, 7) is 1.88. The maximum absolute atomic E-state index is 9.42. The van der Waals surface area contributed by atoms with Gasteiger partial charge in [-0.25, -0.2) is 0 Å². The molecule has 2 rings (SSSR count). The van der Waals surface area contributed by atoms with E-state index in [1.807, 2.05) is 18.2 Å². The number of aliphatic hydroxyl groups excluding tert-OH is 1. The Bertz CT molecular complexity index is 410. The van der Waals surface area contributed by atoms with Gasteiger partial charge < -0.3 is 19.9 Å². The summed E-state index contributed by atoms with van der Waals surface area (Å²) in [6, 6.07) is 5.84. The first kappa shape index (κ1) is 14.2. The number of methoxy groups -OCH3 is 2. The van der Waals surface area contributed by atoms with Crippen LogP contribution in [0.15, 0.2) is 18.2 Å². The van der Waals surface area contributed by atoms with Gasteiger partial charge in [0.25, 0.3) is 0 Å². The Morgan fingerprint density at radius 2 is 2.05 bits per heavy atom. The molecular formula is C15H23NO3. The lowest BCUT2D eigenvalue weighted by molar-refractivity contribution is 0.0444. The predicted molar refractivity (Wildman–Crippen MR) is 74.6 cm³/mol. The summed E-state index contributed by atoms with van der Waals surface area (Å²) in [4.78, 5) is 0. The van der Waals surface area contributed by atoms with Gasteiger partial charge in [0, 0.05) is 36.7 Å². The van der Waals surface area contributed by atoms with Crippen molar-refractivity contribution in [1.82, 2.24) is 5.32 Å². The van der Waals surface area contributed by atoms with Gasteiger partial charge in [0.2, 0.25) is 0 Å². The number of ether oxygens (including phenoxy) is 2. The topological polar surface area (TPSA) is 50.7 Å². The van der Waals surface area contributed by atoms with Gasteiger partial charge >= 0.3 is 0 Å². The van der Waals surface area contributed by atoms with E-state index >= 15 is 0 Å². The van der Waals surface area contributed by atoms with Crippen LogP contribution in [0.25, 0.3) is 0 Å². The van der Waals surface area contributed by atoms with Crippen LogP contribution >= 0.6 is 0 Å². The molecule has 0 spiro atoms. The average molecular weight is 265 g/mol. The molecule has 1 aliphatic rings. The highest BCUT2D eigenvalue weighted by Gasteiger charge is 2.35. The fourth-order valence-electron chi connectivity index (χ4n) is 2.53. The summed E-state index contributed by atoms with van der Waals surface area (Å²) in [7, 11) is 3.31. The highest BCUT2D eigenvalue weighted by Crippen LogP contribution is 2.39. The third-order valence-electron chi connectivity index (χ3n) is 4.06. The van der Waals surface area contributed by atoms with E-state index in [4.69, 9.17) is 9.47 Å². The van der Waals surface area contributed by atoms with Crippen molar-refractivity contribution in [2.24, 2.45) is 5.41 Å². The molecule has 0 atom stereocenters. The minimum Gasteiger partial charge on any atom is -0.497 e. The minimum atomic E-state index is 0.111. The molecule has 19 heavy (non-hydrogen) atoms. The first-order valence-electron chi connectivity index (χ1n) is 6.75. The molecule has 2 N–H and O–H groups in total. The second-order valence-electron chi connectivity index (χ2n) is 5.29. The van der Waals surface area contributed by atoms with Crippen LogP contribution in [0.2, 0.25) is 0 Å². The van der Waals surface area contributed by atoms with Crippen LogP contribution in [0.3, 0.4) is 0 Å². The summed E-state index contributed by atoms with van der Waals surface area (Å²) < 4.78 is 10.5. The molecule has 1 aromatic carbocycles. The molecule has 4 heteroatoms. The van der Waals surface area contributed by atoms with Crippen molar-refractivity contribution < 1.29 is 14.6 Å². The third-order valence-corrected chi connectivity index (χ3v) is 4.06. The number of rotatable bonds is 7. The van der Waals surface area contributed by atoms with Crippen molar-refractivity contribution in [3.05, 3.63) is 23.8 Å². The highest BCUT2D eigenvalue weighted by molar-refractivity contribution is 5.40. The first-order valence-corrected chi connectivity index (χ1v) is 6.75. The molecule has 106 valence electrons. The number of nitrogens with one attached hydrogen (secondary N) is 1. The smallest absolute Gasteiger partial charge is 0.127 e. The summed E-state index contributed by atoms with van der Waals surface area (Å²) in [5.41, 5.74) is 1.22. The number of hydrogen-bond acceptors (Lipinski definition) is 4. The lowest BCUT2D eigenvalue weighted by Crippen LogP contribution is -2.42. The van der Waals surface area contributed by atoms with Crippen molar-refractivity contribution in [3.63, 3.8) is 0 Å². The Morgan fingerprint density at radius 1 is 1.26 bits per heavy atom. The monoisotopic (exact) mass is 265 g/mol. The van der Waals surface area contributed by atoms with Crippen LogP contribution in [-0.2, 0) is 6.54 Å². The van der Waals surface area contributed by atoms with Crippen LogP contribution in [0.1, 0.15) is 24.8 Å². The van der Waals surface area contributed by atoms with Gasteiger partial charge in [-0.2, -0.15) is 0 Å². The van der Waals surface area contributed by atoms with Crippen LogP contribution < -0.4 is 14.8 Å². The molecule has 4 nitrogen and oxygen atoms in total. The number of benzene rings is 1. The van der Waals surface area contributed by atoms with Crippen LogP contribution in [0.5, 0.6) is 11.5 Å². The van der Waals surface area contributed by atoms with E-state index in [2.05, 4.69) is 5.32 Å². The lowest BCUT2D eigenvalue weighted by atomic mass is 9.69. The maximum Gasteiger partial charge on any atom is 0.127 e. The second kappa shape index (κ2) is 6.26. The van der Waals surface area contributed by atoms with Gasteiger partial charge in [-0.05, 0) is 18.9 Å². The molecule has 0 unspecified atom stereocenters. The largest absolute Gasteiger partial charge is 0.497 e. The van der Waals surface area contributed by atoms with E-state index in [0.29, 0.717) is 0 Å². The molecule has 0 bridgehead atoms. The zero-order chi connectivity index (χ0) is 13.7. The van der Waals surface area contributed by atoms with Gasteiger partial charge in [0.15, 0.2) is 0 Å². The van der Waals surface area contributed by atoms with Crippen molar-refractivity contribution >= 4 is 0 Å². The Labute approximate surface area is 114 Å². The van der Waals surface area contributed by atoms with E-state index < -0.39 is 0 Å². The molecular weight excluding hydrogens is 242 g/mol. The van der Waals surface area contributed by atoms with Crippen molar-refractivity contribution in [3.8, 4) is 11.5 Å². The quantitative estimate of drug-likeness (QED) is 0.791. The molecule has 0 radical (unpaired) electrons. The molecule has 1 fully saturated rings. The van der Waals surface area contributed by atoms with Gasteiger partial charge in [-0.15, -0.1) is 0 Å². The van der Waals surface area contributed by atoms with E-state index in [9.17, 15) is 5.11 Å². The molecule has 1 aliphatic carbocycles. The van der Waals surface area contributed by atoms with Gasteiger partial charge in [-0.1, -0.05) is 12.5 Å². The van der Waals surface area contributed by atoms with Crippen LogP contribution in [0, 0.1) is 5.41 Å². The van der Waals surface area contributed by atoms with E-state index in [-0.39, 0.29) is 12.0 Å². The number of aliphatic hydroxyl groups is 1. The maximum atomic E-state index is 9.42. The zero-order valence-corrected chi connectivity index (χ0v) is 11.7. The van der Waals surface area contributed by atoms with Crippen LogP contribution in [-0.4, -0.2) is 32.5 Å². The van der Waals surface area contributed by atoms with Gasteiger partial charge in [0.05, 0.1) is 14.2 Å². The molecule has 0 heterocycles. The summed E-state index contributed by atoms with van der Waals surface area (Å²) >= 11 is 0. The standard InChI is InChI=1S/C15H23NO3/c1-18-13-5-4-12(14(8-13)19-2)9-16-10-15(11-17)6-3-7-15/h4-5,8,16-17H,3,6-7,9-11H2,1-2H3. The third kappa shape index (κ3) is 3.19. The second-order valence-corrected chi connectivity index (χ2v) is 5.29. The minimum absolute atomic E-state index is 0.111. The zero-order valence-electron chi connectivity index (χ0n) is 11.7. The SMILES string of the molecule is COc1ccc(CNCC2(CO)CCC2)c(OC)c1. The normalized spacial score (nSPS) is 16.8. The molecule has 0 amide bonds. The lowest BCUT2D eigenvalue weighted by Gasteiger charge is -2.40. The number of hydrogen-bond donors (Lipinski definition) is 2. The fourth-order valence-corrected chi connectivity index (χ4v) is 2.53. The molecule has 0 aliphatic heterocycles. The molecule has 0 saturated heterocycles. The van der Waals surface area contributed by atoms with Gasteiger partial charge in [-0.3, -0.25) is 0 Å². The summed E-state index contributed by atoms with van der Waals surface area (Å²) in [5, 5.41) is 12.8. The van der Waals surface area contributed by atoms with E-state index in [1.165, 1.54) is 6.42 Å². The molecule has 1 aromatic rings. The Morgan fingerprint density at radius 3 is 2.58 bits per heavy atom. The van der Waals surface area contributed by atoms with Crippen molar-refractivity contribution in [2.75, 3.05) is 27.4 Å². The van der Waals surface area contributed by atoms with E-state index in [1.54, 1.807) is 14.2 Å². The summed E-state index contributed by atoms with van der Waals surface area (Å²) in [6.07, 6.45) is 3.47. The van der Waals surface area contributed by atoms with Gasteiger partial charge in [0.1, 0.15) is 11.5 Å². The molecule has 1 saturated carbocycles. The Hall–Kier alpha value is -1.26. The van der Waals surface area contributed by atoms with Crippen LogP contribution in [0.4, 0.5) is 0 Å². The predicted octanol–water partition coefficient (Wildman–Crippen LogP) is 1.96. The fraction of sp³-hybridized carbons (Fsp3) is 0.600. The van der Waals surface area contributed by atoms with Crippen molar-refractivity contribution in [2.45, 2.75) is 25.8 Å². The Kier molecular flexibility index (Phi) is 4.66. The summed E-state index contributed by atoms with van der Waals surface area (Å²) in [5.74, 6) is 1.63. The van der Waals surface area contributed by atoms with Crippen molar-refractivity contribution in [1.29, 1.82) is 0 Å². The highest BCUT2D eigenvalue weighted by atomic mass is 16.5. The first-order chi connectivity index (χ1) is 9.23.